The zero-order valence-corrected chi connectivity index (χ0v) is 10.6. The maximum absolute atomic E-state index is 11.4. The van der Waals surface area contributed by atoms with Crippen LogP contribution in [0.4, 0.5) is 4.79 Å². The highest BCUT2D eigenvalue weighted by Crippen LogP contribution is 2.15. The maximum atomic E-state index is 11.4. The molecule has 0 aliphatic carbocycles. The minimum absolute atomic E-state index is 0.0759. The van der Waals surface area contributed by atoms with Crippen LogP contribution in [-0.4, -0.2) is 42.0 Å². The van der Waals surface area contributed by atoms with Crippen molar-refractivity contribution in [3.8, 4) is 0 Å². The van der Waals surface area contributed by atoms with Crippen LogP contribution in [0.15, 0.2) is 21.7 Å². The molecule has 0 bridgehead atoms. The van der Waals surface area contributed by atoms with Gasteiger partial charge in [-0.3, -0.25) is 0 Å². The summed E-state index contributed by atoms with van der Waals surface area (Å²) in [6, 6.07) is 3.65. The molecule has 0 aromatic carbocycles. The predicted octanol–water partition coefficient (Wildman–Crippen LogP) is 2.11. The van der Waals surface area contributed by atoms with Crippen molar-refractivity contribution < 1.29 is 13.9 Å². The smallest absolute Gasteiger partial charge is 0.430 e. The standard InChI is InChI=1S/C11H14N2O3S/c1-8-3-4-9(15-8)5-12-13-6-10(7-17-2)16-11(13)14/h3-5,10H,6-7H2,1-2H3/b12-5+/t10-/m1/s1. The first-order valence-electron chi connectivity index (χ1n) is 5.26. The van der Waals surface area contributed by atoms with Crippen molar-refractivity contribution in [1.82, 2.24) is 5.01 Å². The van der Waals surface area contributed by atoms with Gasteiger partial charge in [0.2, 0.25) is 0 Å². The molecule has 5 nitrogen and oxygen atoms in total. The van der Waals surface area contributed by atoms with Crippen molar-refractivity contribution in [3.05, 3.63) is 23.7 Å². The Hall–Kier alpha value is -1.43. The highest BCUT2D eigenvalue weighted by molar-refractivity contribution is 7.98. The van der Waals surface area contributed by atoms with Gasteiger partial charge in [0.1, 0.15) is 17.6 Å². The Morgan fingerprint density at radius 2 is 2.47 bits per heavy atom. The molecule has 6 heteroatoms. The second-order valence-corrected chi connectivity index (χ2v) is 4.65. The van der Waals surface area contributed by atoms with Gasteiger partial charge in [0.25, 0.3) is 0 Å². The molecule has 0 radical (unpaired) electrons. The molecule has 2 rings (SSSR count). The Bertz CT molecular complexity index is 430. The molecule has 2 heterocycles. The average molecular weight is 254 g/mol. The monoisotopic (exact) mass is 254 g/mol. The van der Waals surface area contributed by atoms with E-state index in [1.54, 1.807) is 17.8 Å². The van der Waals surface area contributed by atoms with Crippen molar-refractivity contribution in [3.63, 3.8) is 0 Å². The van der Waals surface area contributed by atoms with Crippen LogP contribution in [0.3, 0.4) is 0 Å². The number of carbonyl (C=O) groups is 1. The molecule has 1 amide bonds. The summed E-state index contributed by atoms with van der Waals surface area (Å²) in [7, 11) is 0. The number of aryl methyl sites for hydroxylation is 1. The van der Waals surface area contributed by atoms with E-state index in [9.17, 15) is 4.79 Å². The fraction of sp³-hybridized carbons (Fsp3) is 0.455. The van der Waals surface area contributed by atoms with E-state index < -0.39 is 6.09 Å². The minimum Gasteiger partial charge on any atom is -0.460 e. The van der Waals surface area contributed by atoms with Crippen LogP contribution in [0, 0.1) is 6.92 Å². The van der Waals surface area contributed by atoms with Crippen molar-refractivity contribution in [1.29, 1.82) is 0 Å². The number of carbonyl (C=O) groups excluding carboxylic acids is 1. The lowest BCUT2D eigenvalue weighted by Crippen LogP contribution is -2.19. The molecule has 1 saturated heterocycles. The highest BCUT2D eigenvalue weighted by atomic mass is 32.2. The second kappa shape index (κ2) is 5.27. The Labute approximate surface area is 104 Å². The van der Waals surface area contributed by atoms with E-state index in [-0.39, 0.29) is 6.10 Å². The molecule has 0 saturated carbocycles. The van der Waals surface area contributed by atoms with Gasteiger partial charge < -0.3 is 9.15 Å². The van der Waals surface area contributed by atoms with Crippen LogP contribution < -0.4 is 0 Å². The summed E-state index contributed by atoms with van der Waals surface area (Å²) >= 11 is 1.65. The lowest BCUT2D eigenvalue weighted by Gasteiger charge is -2.04. The van der Waals surface area contributed by atoms with Gasteiger partial charge in [0, 0.05) is 5.75 Å². The molecule has 1 atom stereocenters. The molecule has 0 spiro atoms. The quantitative estimate of drug-likeness (QED) is 0.772. The number of cyclic esters (lactones) is 1. The first-order valence-corrected chi connectivity index (χ1v) is 6.66. The fourth-order valence-corrected chi connectivity index (χ4v) is 2.07. The lowest BCUT2D eigenvalue weighted by molar-refractivity contribution is 0.140. The molecule has 1 aromatic heterocycles. The van der Waals surface area contributed by atoms with Crippen molar-refractivity contribution in [2.24, 2.45) is 5.10 Å². The number of thioether (sulfide) groups is 1. The number of ether oxygens (including phenoxy) is 1. The van der Waals surface area contributed by atoms with Crippen LogP contribution in [-0.2, 0) is 4.74 Å². The maximum Gasteiger partial charge on any atom is 0.430 e. The first-order chi connectivity index (χ1) is 8.19. The molecule has 1 aliphatic rings. The Kier molecular flexibility index (Phi) is 3.73. The summed E-state index contributed by atoms with van der Waals surface area (Å²) in [5.41, 5.74) is 0. The molecule has 92 valence electrons. The lowest BCUT2D eigenvalue weighted by atomic mass is 10.4. The van der Waals surface area contributed by atoms with Crippen LogP contribution in [0.5, 0.6) is 0 Å². The van der Waals surface area contributed by atoms with Gasteiger partial charge in [-0.1, -0.05) is 0 Å². The van der Waals surface area contributed by atoms with Gasteiger partial charge in [-0.05, 0) is 25.3 Å². The molecule has 1 aliphatic heterocycles. The van der Waals surface area contributed by atoms with E-state index in [0.717, 1.165) is 11.5 Å². The number of hydrazone groups is 1. The third kappa shape index (κ3) is 3.03. The van der Waals surface area contributed by atoms with Gasteiger partial charge in [-0.2, -0.15) is 21.9 Å². The van der Waals surface area contributed by atoms with Crippen LogP contribution in [0.25, 0.3) is 0 Å². The number of furan rings is 1. The van der Waals surface area contributed by atoms with Crippen molar-refractivity contribution in [2.75, 3.05) is 18.6 Å². The van der Waals surface area contributed by atoms with E-state index in [1.807, 2.05) is 19.2 Å². The summed E-state index contributed by atoms with van der Waals surface area (Å²) in [6.45, 7) is 2.35. The van der Waals surface area contributed by atoms with Crippen LogP contribution >= 0.6 is 11.8 Å². The Morgan fingerprint density at radius 1 is 1.65 bits per heavy atom. The molecule has 1 fully saturated rings. The zero-order chi connectivity index (χ0) is 12.3. The van der Waals surface area contributed by atoms with Gasteiger partial charge in [-0.25, -0.2) is 4.79 Å². The van der Waals surface area contributed by atoms with Gasteiger partial charge in [0.15, 0.2) is 0 Å². The second-order valence-electron chi connectivity index (χ2n) is 3.74. The molecule has 17 heavy (non-hydrogen) atoms. The van der Waals surface area contributed by atoms with E-state index in [4.69, 9.17) is 9.15 Å². The SMILES string of the molecule is CSC[C@H]1CN(/N=C/c2ccc(C)o2)C(=O)O1. The van der Waals surface area contributed by atoms with Crippen LogP contribution in [0.2, 0.25) is 0 Å². The van der Waals surface area contributed by atoms with E-state index >= 15 is 0 Å². The van der Waals surface area contributed by atoms with Gasteiger partial charge in [-0.15, -0.1) is 0 Å². The molecule has 1 aromatic rings. The summed E-state index contributed by atoms with van der Waals surface area (Å²) in [6.07, 6.45) is 3.03. The third-order valence-corrected chi connectivity index (χ3v) is 3.00. The zero-order valence-electron chi connectivity index (χ0n) is 9.75. The summed E-state index contributed by atoms with van der Waals surface area (Å²) < 4.78 is 10.5. The number of hydrogen-bond acceptors (Lipinski definition) is 5. The number of rotatable bonds is 4. The minimum atomic E-state index is -0.399. The van der Waals surface area contributed by atoms with Gasteiger partial charge >= 0.3 is 6.09 Å². The Balaban J connectivity index is 1.95. The largest absolute Gasteiger partial charge is 0.460 e. The summed E-state index contributed by atoms with van der Waals surface area (Å²) in [5, 5.41) is 5.37. The third-order valence-electron chi connectivity index (χ3n) is 2.29. The fourth-order valence-electron chi connectivity index (χ4n) is 1.52. The summed E-state index contributed by atoms with van der Waals surface area (Å²) in [5.74, 6) is 2.23. The molecular weight excluding hydrogens is 240 g/mol. The summed E-state index contributed by atoms with van der Waals surface area (Å²) in [4.78, 5) is 11.4. The number of nitrogens with zero attached hydrogens (tertiary/aromatic N) is 2. The molecule has 0 N–H and O–H groups in total. The highest BCUT2D eigenvalue weighted by Gasteiger charge is 2.30. The van der Waals surface area contributed by atoms with E-state index in [2.05, 4.69) is 5.10 Å². The Morgan fingerprint density at radius 3 is 3.12 bits per heavy atom. The molecular formula is C11H14N2O3S. The number of hydrogen-bond donors (Lipinski definition) is 0. The number of amides is 1. The predicted molar refractivity (Wildman–Crippen MR) is 66.4 cm³/mol. The van der Waals surface area contributed by atoms with E-state index in [0.29, 0.717) is 12.3 Å². The van der Waals surface area contributed by atoms with Gasteiger partial charge in [0.05, 0.1) is 12.8 Å². The first kappa shape index (κ1) is 12.0. The van der Waals surface area contributed by atoms with Crippen LogP contribution in [0.1, 0.15) is 11.5 Å². The van der Waals surface area contributed by atoms with Crippen molar-refractivity contribution in [2.45, 2.75) is 13.0 Å². The molecule has 0 unspecified atom stereocenters. The normalized spacial score (nSPS) is 20.2. The van der Waals surface area contributed by atoms with Crippen molar-refractivity contribution >= 4 is 24.1 Å². The topological polar surface area (TPSA) is 55.0 Å². The average Bonchev–Trinajstić information content (AvgIpc) is 2.83. The van der Waals surface area contributed by atoms with E-state index in [1.165, 1.54) is 11.2 Å².